The molecule has 0 nitrogen and oxygen atoms in total. The zero-order valence-corrected chi connectivity index (χ0v) is 12.7. The van der Waals surface area contributed by atoms with Gasteiger partial charge in [0.05, 0.1) is 10.8 Å². The van der Waals surface area contributed by atoms with E-state index in [4.69, 9.17) is 23.2 Å². The van der Waals surface area contributed by atoms with Crippen LogP contribution in [0.3, 0.4) is 0 Å². The van der Waals surface area contributed by atoms with E-state index in [2.05, 4.69) is 38.1 Å². The van der Waals surface area contributed by atoms with Gasteiger partial charge in [-0.25, -0.2) is 0 Å². The van der Waals surface area contributed by atoms with Crippen molar-refractivity contribution in [2.24, 2.45) is 5.92 Å². The molecule has 0 fully saturated rings. The lowest BCUT2D eigenvalue weighted by Gasteiger charge is -2.23. The van der Waals surface area contributed by atoms with Gasteiger partial charge in [0.1, 0.15) is 0 Å². The molecule has 0 heterocycles. The summed E-state index contributed by atoms with van der Waals surface area (Å²) in [7, 11) is 0. The quantitative estimate of drug-likeness (QED) is 0.616. The molecule has 0 saturated carbocycles. The van der Waals surface area contributed by atoms with E-state index in [0.29, 0.717) is 0 Å². The summed E-state index contributed by atoms with van der Waals surface area (Å²) in [5, 5.41) is -0.159. The van der Waals surface area contributed by atoms with Gasteiger partial charge in [-0.1, -0.05) is 67.1 Å². The van der Waals surface area contributed by atoms with Gasteiger partial charge in [0.25, 0.3) is 0 Å². The fraction of sp³-hybridized carbons (Fsp3) is 0.294. The van der Waals surface area contributed by atoms with Crippen molar-refractivity contribution in [1.82, 2.24) is 0 Å². The molecular weight excluding hydrogens is 275 g/mol. The number of alkyl halides is 2. The predicted molar refractivity (Wildman–Crippen MR) is 84.0 cm³/mol. The molecule has 2 rings (SSSR count). The normalized spacial score (nSPS) is 15.8. The molecule has 2 aromatic carbocycles. The summed E-state index contributed by atoms with van der Waals surface area (Å²) >= 11 is 13.1. The molecule has 0 radical (unpaired) electrons. The highest BCUT2D eigenvalue weighted by molar-refractivity contribution is 6.24. The van der Waals surface area contributed by atoms with Crippen LogP contribution in [0.5, 0.6) is 0 Å². The smallest absolute Gasteiger partial charge is 0.0628 e. The largest absolute Gasteiger partial charge is 0.117 e. The van der Waals surface area contributed by atoms with Crippen LogP contribution in [0, 0.1) is 12.8 Å². The molecule has 0 saturated heterocycles. The standard InChI is InChI=1S/C17H18Cl2/c1-12-8-10-15(11-9-12)17(19)13(2)16(18)14-6-4-3-5-7-14/h3-11,13,16-17H,1-2H3. The van der Waals surface area contributed by atoms with Crippen LogP contribution in [0.25, 0.3) is 0 Å². The summed E-state index contributed by atoms with van der Waals surface area (Å²) in [5.41, 5.74) is 3.49. The molecule has 0 aliphatic carbocycles. The average molecular weight is 293 g/mol. The fourth-order valence-corrected chi connectivity index (χ4v) is 2.80. The molecule has 0 aromatic heterocycles. The number of aryl methyl sites for hydroxylation is 1. The Labute approximate surface area is 125 Å². The predicted octanol–water partition coefficient (Wildman–Crippen LogP) is 5.89. The van der Waals surface area contributed by atoms with E-state index in [-0.39, 0.29) is 16.7 Å². The number of rotatable bonds is 4. The third-order valence-electron chi connectivity index (χ3n) is 3.44. The first kappa shape index (κ1) is 14.4. The Bertz CT molecular complexity index is 505. The number of benzene rings is 2. The first-order valence-electron chi connectivity index (χ1n) is 6.49. The van der Waals surface area contributed by atoms with Crippen LogP contribution in [0.2, 0.25) is 0 Å². The number of hydrogen-bond acceptors (Lipinski definition) is 0. The summed E-state index contributed by atoms with van der Waals surface area (Å²) in [6, 6.07) is 18.4. The van der Waals surface area contributed by atoms with E-state index in [9.17, 15) is 0 Å². The van der Waals surface area contributed by atoms with Crippen molar-refractivity contribution in [2.75, 3.05) is 0 Å². The van der Waals surface area contributed by atoms with E-state index in [0.717, 1.165) is 11.1 Å². The maximum Gasteiger partial charge on any atom is 0.0628 e. The Morgan fingerprint density at radius 3 is 1.74 bits per heavy atom. The molecule has 0 amide bonds. The summed E-state index contributed by atoms with van der Waals surface area (Å²) < 4.78 is 0. The van der Waals surface area contributed by atoms with Crippen LogP contribution in [0.15, 0.2) is 54.6 Å². The Morgan fingerprint density at radius 2 is 1.21 bits per heavy atom. The second-order valence-corrected chi connectivity index (χ2v) is 5.92. The second-order valence-electron chi connectivity index (χ2n) is 4.98. The van der Waals surface area contributed by atoms with Crippen molar-refractivity contribution in [2.45, 2.75) is 24.6 Å². The molecule has 2 aromatic rings. The van der Waals surface area contributed by atoms with Gasteiger partial charge < -0.3 is 0 Å². The average Bonchev–Trinajstić information content (AvgIpc) is 2.46. The molecule has 19 heavy (non-hydrogen) atoms. The monoisotopic (exact) mass is 292 g/mol. The minimum absolute atomic E-state index is 0.0787. The van der Waals surface area contributed by atoms with Crippen molar-refractivity contribution < 1.29 is 0 Å². The van der Waals surface area contributed by atoms with E-state index in [1.54, 1.807) is 0 Å². The van der Waals surface area contributed by atoms with Crippen molar-refractivity contribution in [1.29, 1.82) is 0 Å². The minimum Gasteiger partial charge on any atom is -0.117 e. The van der Waals surface area contributed by atoms with Gasteiger partial charge in [-0.15, -0.1) is 23.2 Å². The first-order valence-corrected chi connectivity index (χ1v) is 7.36. The molecule has 0 N–H and O–H groups in total. The third-order valence-corrected chi connectivity index (χ3v) is 4.74. The highest BCUT2D eigenvalue weighted by Crippen LogP contribution is 2.40. The highest BCUT2D eigenvalue weighted by atomic mass is 35.5. The summed E-state index contributed by atoms with van der Waals surface area (Å²) in [5.74, 6) is 0.161. The summed E-state index contributed by atoms with van der Waals surface area (Å²) in [4.78, 5) is 0. The molecule has 2 heteroatoms. The van der Waals surface area contributed by atoms with Gasteiger partial charge in [-0.2, -0.15) is 0 Å². The van der Waals surface area contributed by atoms with Crippen LogP contribution in [0.1, 0.15) is 34.4 Å². The van der Waals surface area contributed by atoms with Gasteiger partial charge in [-0.3, -0.25) is 0 Å². The van der Waals surface area contributed by atoms with Gasteiger partial charge in [0.2, 0.25) is 0 Å². The van der Waals surface area contributed by atoms with E-state index < -0.39 is 0 Å². The van der Waals surface area contributed by atoms with Crippen LogP contribution in [0.4, 0.5) is 0 Å². The fourth-order valence-electron chi connectivity index (χ4n) is 2.14. The Hall–Kier alpha value is -0.980. The zero-order valence-electron chi connectivity index (χ0n) is 11.2. The second kappa shape index (κ2) is 6.45. The SMILES string of the molecule is Cc1ccc(C(Cl)C(C)C(Cl)c2ccccc2)cc1. The zero-order chi connectivity index (χ0) is 13.8. The Balaban J connectivity index is 2.15. The lowest BCUT2D eigenvalue weighted by molar-refractivity contribution is 0.541. The molecule has 100 valence electrons. The van der Waals surface area contributed by atoms with Crippen molar-refractivity contribution in [3.05, 3.63) is 71.3 Å². The number of hydrogen-bond donors (Lipinski definition) is 0. The van der Waals surface area contributed by atoms with Gasteiger partial charge in [0.15, 0.2) is 0 Å². The maximum atomic E-state index is 6.57. The lowest BCUT2D eigenvalue weighted by Crippen LogP contribution is -2.10. The van der Waals surface area contributed by atoms with E-state index in [1.165, 1.54) is 5.56 Å². The molecule has 0 aliphatic rings. The third kappa shape index (κ3) is 3.52. The van der Waals surface area contributed by atoms with Crippen molar-refractivity contribution in [3.8, 4) is 0 Å². The van der Waals surface area contributed by atoms with Crippen molar-refractivity contribution in [3.63, 3.8) is 0 Å². The molecular formula is C17H18Cl2. The Morgan fingerprint density at radius 1 is 0.737 bits per heavy atom. The highest BCUT2D eigenvalue weighted by Gasteiger charge is 2.25. The molecule has 3 unspecified atom stereocenters. The lowest BCUT2D eigenvalue weighted by atomic mass is 9.93. The van der Waals surface area contributed by atoms with Crippen molar-refractivity contribution >= 4 is 23.2 Å². The Kier molecular flexibility index (Phi) is 4.90. The molecule has 3 atom stereocenters. The number of halogens is 2. The van der Waals surface area contributed by atoms with Gasteiger partial charge in [-0.05, 0) is 24.0 Å². The van der Waals surface area contributed by atoms with Crippen LogP contribution < -0.4 is 0 Å². The summed E-state index contributed by atoms with van der Waals surface area (Å²) in [6.07, 6.45) is 0. The van der Waals surface area contributed by atoms with Gasteiger partial charge in [0, 0.05) is 0 Å². The van der Waals surface area contributed by atoms with E-state index in [1.807, 2.05) is 30.3 Å². The molecule has 0 aliphatic heterocycles. The minimum atomic E-state index is -0.0803. The maximum absolute atomic E-state index is 6.57. The van der Waals surface area contributed by atoms with E-state index >= 15 is 0 Å². The first-order chi connectivity index (χ1) is 9.09. The topological polar surface area (TPSA) is 0 Å². The van der Waals surface area contributed by atoms with Gasteiger partial charge >= 0.3 is 0 Å². The van der Waals surface area contributed by atoms with Crippen LogP contribution in [-0.2, 0) is 0 Å². The molecule has 0 spiro atoms. The molecule has 0 bridgehead atoms. The van der Waals surface area contributed by atoms with Crippen LogP contribution >= 0.6 is 23.2 Å². The summed E-state index contributed by atoms with van der Waals surface area (Å²) in [6.45, 7) is 4.17. The van der Waals surface area contributed by atoms with Crippen LogP contribution in [-0.4, -0.2) is 0 Å².